The van der Waals surface area contributed by atoms with Gasteiger partial charge in [-0.1, -0.05) is 12.1 Å². The van der Waals surface area contributed by atoms with Gasteiger partial charge >= 0.3 is 0 Å². The fourth-order valence-corrected chi connectivity index (χ4v) is 3.63. The first-order chi connectivity index (χ1) is 13.2. The van der Waals surface area contributed by atoms with Crippen molar-refractivity contribution in [2.75, 3.05) is 26.8 Å². The van der Waals surface area contributed by atoms with Gasteiger partial charge in [-0.3, -0.25) is 4.79 Å². The molecule has 1 fully saturated rings. The van der Waals surface area contributed by atoms with Crippen LogP contribution in [0, 0.1) is 5.92 Å². The van der Waals surface area contributed by atoms with Crippen molar-refractivity contribution in [2.45, 2.75) is 32.6 Å². The van der Waals surface area contributed by atoms with Crippen LogP contribution < -0.4 is 9.47 Å². The summed E-state index contributed by atoms with van der Waals surface area (Å²) in [6, 6.07) is 15.8. The number of hydrogen-bond donors (Lipinski definition) is 0. The van der Waals surface area contributed by atoms with Crippen LogP contribution in [0.25, 0.3) is 0 Å². The first-order valence-corrected chi connectivity index (χ1v) is 9.84. The van der Waals surface area contributed by atoms with E-state index >= 15 is 0 Å². The van der Waals surface area contributed by atoms with Gasteiger partial charge in [-0.2, -0.15) is 0 Å². The second kappa shape index (κ2) is 9.45. The molecule has 0 aromatic heterocycles. The van der Waals surface area contributed by atoms with E-state index < -0.39 is 0 Å². The van der Waals surface area contributed by atoms with Crippen molar-refractivity contribution < 1.29 is 14.3 Å². The van der Waals surface area contributed by atoms with Gasteiger partial charge < -0.3 is 14.4 Å². The minimum absolute atomic E-state index is 0.127. The summed E-state index contributed by atoms with van der Waals surface area (Å²) in [4.78, 5) is 14.6. The molecule has 0 aliphatic carbocycles. The normalized spacial score (nSPS) is 14.8. The predicted molar refractivity (Wildman–Crippen MR) is 108 cm³/mol. The minimum atomic E-state index is 0.127. The zero-order chi connectivity index (χ0) is 19.1. The number of benzene rings is 2. The molecule has 0 N–H and O–H groups in total. The van der Waals surface area contributed by atoms with E-state index in [1.165, 1.54) is 12.0 Å². The highest BCUT2D eigenvalue weighted by molar-refractivity contribution is 5.94. The molecule has 2 aromatic carbocycles. The third-order valence-corrected chi connectivity index (χ3v) is 5.31. The summed E-state index contributed by atoms with van der Waals surface area (Å²) in [6.45, 7) is 4.39. The van der Waals surface area contributed by atoms with Crippen LogP contribution in [0.5, 0.6) is 11.5 Å². The summed E-state index contributed by atoms with van der Waals surface area (Å²) in [6.07, 6.45) is 4.43. The van der Waals surface area contributed by atoms with Crippen molar-refractivity contribution >= 4 is 5.91 Å². The van der Waals surface area contributed by atoms with Crippen LogP contribution in [-0.2, 0) is 6.42 Å². The van der Waals surface area contributed by atoms with Gasteiger partial charge in [0.05, 0.1) is 13.7 Å². The Hall–Kier alpha value is -2.49. The van der Waals surface area contributed by atoms with Gasteiger partial charge in [0.15, 0.2) is 0 Å². The van der Waals surface area contributed by atoms with Crippen LogP contribution >= 0.6 is 0 Å². The Morgan fingerprint density at radius 3 is 2.22 bits per heavy atom. The number of hydrogen-bond acceptors (Lipinski definition) is 3. The molecule has 27 heavy (non-hydrogen) atoms. The lowest BCUT2D eigenvalue weighted by Crippen LogP contribution is -2.38. The number of carbonyl (C=O) groups excluding carboxylic acids is 1. The fourth-order valence-electron chi connectivity index (χ4n) is 3.63. The molecular formula is C23H29NO3. The molecule has 2 aromatic rings. The van der Waals surface area contributed by atoms with Gasteiger partial charge in [-0.05, 0) is 80.5 Å². The number of aryl methyl sites for hydroxylation is 1. The van der Waals surface area contributed by atoms with Gasteiger partial charge in [0.2, 0.25) is 0 Å². The number of carbonyl (C=O) groups is 1. The molecule has 3 rings (SSSR count). The molecule has 1 aliphatic rings. The van der Waals surface area contributed by atoms with E-state index in [1.54, 1.807) is 7.11 Å². The molecule has 0 atom stereocenters. The van der Waals surface area contributed by atoms with Gasteiger partial charge in [0.1, 0.15) is 11.5 Å². The first kappa shape index (κ1) is 19.3. The number of piperidine rings is 1. The van der Waals surface area contributed by atoms with Crippen LogP contribution in [0.1, 0.15) is 42.1 Å². The number of ether oxygens (including phenoxy) is 2. The molecule has 144 valence electrons. The Kier molecular flexibility index (Phi) is 6.74. The lowest BCUT2D eigenvalue weighted by molar-refractivity contribution is 0.0687. The molecule has 1 aliphatic heterocycles. The lowest BCUT2D eigenvalue weighted by atomic mass is 9.90. The van der Waals surface area contributed by atoms with Crippen LogP contribution in [0.2, 0.25) is 0 Å². The molecule has 0 spiro atoms. The van der Waals surface area contributed by atoms with Crippen LogP contribution in [0.15, 0.2) is 48.5 Å². The molecule has 0 unspecified atom stereocenters. The monoisotopic (exact) mass is 367 g/mol. The maximum atomic E-state index is 12.6. The number of nitrogens with zero attached hydrogens (tertiary/aromatic N) is 1. The van der Waals surface area contributed by atoms with E-state index in [-0.39, 0.29) is 5.91 Å². The molecule has 4 heteroatoms. The van der Waals surface area contributed by atoms with Gasteiger partial charge in [0.25, 0.3) is 5.91 Å². The highest BCUT2D eigenvalue weighted by Crippen LogP contribution is 2.24. The maximum absolute atomic E-state index is 12.6. The average molecular weight is 367 g/mol. The molecule has 1 amide bonds. The number of methoxy groups -OCH3 is 1. The van der Waals surface area contributed by atoms with E-state index in [0.717, 1.165) is 49.4 Å². The van der Waals surface area contributed by atoms with Gasteiger partial charge in [-0.15, -0.1) is 0 Å². The maximum Gasteiger partial charge on any atom is 0.253 e. The summed E-state index contributed by atoms with van der Waals surface area (Å²) >= 11 is 0. The highest BCUT2D eigenvalue weighted by atomic mass is 16.5. The molecule has 0 bridgehead atoms. The third-order valence-electron chi connectivity index (χ3n) is 5.31. The highest BCUT2D eigenvalue weighted by Gasteiger charge is 2.23. The number of amides is 1. The molecule has 1 heterocycles. The van der Waals surface area contributed by atoms with Gasteiger partial charge in [-0.25, -0.2) is 0 Å². The summed E-state index contributed by atoms with van der Waals surface area (Å²) in [5, 5.41) is 0. The van der Waals surface area contributed by atoms with E-state index in [2.05, 4.69) is 24.3 Å². The Morgan fingerprint density at radius 1 is 1.00 bits per heavy atom. The number of likely N-dealkylation sites (tertiary alicyclic amines) is 1. The van der Waals surface area contributed by atoms with Crippen molar-refractivity contribution in [3.05, 3.63) is 59.7 Å². The zero-order valence-corrected chi connectivity index (χ0v) is 16.3. The number of rotatable bonds is 7. The van der Waals surface area contributed by atoms with Crippen molar-refractivity contribution in [1.82, 2.24) is 4.90 Å². The Balaban J connectivity index is 1.44. The first-order valence-electron chi connectivity index (χ1n) is 9.84. The molecular weight excluding hydrogens is 338 g/mol. The summed E-state index contributed by atoms with van der Waals surface area (Å²) < 4.78 is 10.7. The van der Waals surface area contributed by atoms with Crippen LogP contribution in [0.4, 0.5) is 0 Å². The van der Waals surface area contributed by atoms with Crippen molar-refractivity contribution in [3.63, 3.8) is 0 Å². The summed E-state index contributed by atoms with van der Waals surface area (Å²) in [5.74, 6) is 2.53. The summed E-state index contributed by atoms with van der Waals surface area (Å²) in [5.41, 5.74) is 2.10. The Labute approximate surface area is 162 Å². The molecule has 4 nitrogen and oxygen atoms in total. The molecule has 0 radical (unpaired) electrons. The van der Waals surface area contributed by atoms with E-state index in [1.807, 2.05) is 36.1 Å². The van der Waals surface area contributed by atoms with Crippen molar-refractivity contribution in [2.24, 2.45) is 5.92 Å². The van der Waals surface area contributed by atoms with E-state index in [0.29, 0.717) is 12.5 Å². The molecule has 1 saturated heterocycles. The largest absolute Gasteiger partial charge is 0.497 e. The van der Waals surface area contributed by atoms with Crippen molar-refractivity contribution in [3.8, 4) is 11.5 Å². The lowest BCUT2D eigenvalue weighted by Gasteiger charge is -2.32. The fraction of sp³-hybridized carbons (Fsp3) is 0.435. The van der Waals surface area contributed by atoms with Gasteiger partial charge in [0, 0.05) is 18.7 Å². The molecule has 0 saturated carbocycles. The minimum Gasteiger partial charge on any atom is -0.497 e. The van der Waals surface area contributed by atoms with E-state index in [9.17, 15) is 4.79 Å². The SMILES string of the molecule is CCOc1ccc(CCC2CCN(C(=O)c3ccc(OC)cc3)CC2)cc1. The van der Waals surface area contributed by atoms with Crippen molar-refractivity contribution in [1.29, 1.82) is 0 Å². The second-order valence-electron chi connectivity index (χ2n) is 7.08. The predicted octanol–water partition coefficient (Wildman–Crippen LogP) is 4.58. The average Bonchev–Trinajstić information content (AvgIpc) is 2.73. The standard InChI is InChI=1S/C23H29NO3/c1-3-27-22-10-6-18(7-11-22)4-5-19-14-16-24(17-15-19)23(25)20-8-12-21(26-2)13-9-20/h6-13,19H,3-5,14-17H2,1-2H3. The summed E-state index contributed by atoms with van der Waals surface area (Å²) in [7, 11) is 1.63. The van der Waals surface area contributed by atoms with E-state index in [4.69, 9.17) is 9.47 Å². The Morgan fingerprint density at radius 2 is 1.63 bits per heavy atom. The zero-order valence-electron chi connectivity index (χ0n) is 16.3. The third kappa shape index (κ3) is 5.25. The van der Waals surface area contributed by atoms with Crippen LogP contribution in [-0.4, -0.2) is 37.6 Å². The second-order valence-corrected chi connectivity index (χ2v) is 7.08. The Bertz CT molecular complexity index is 716. The quantitative estimate of drug-likeness (QED) is 0.719. The smallest absolute Gasteiger partial charge is 0.253 e. The van der Waals surface area contributed by atoms with Crippen LogP contribution in [0.3, 0.4) is 0 Å². The topological polar surface area (TPSA) is 38.8 Å².